The summed E-state index contributed by atoms with van der Waals surface area (Å²) in [5, 5.41) is 4.36. The molecule has 1 aliphatic rings. The van der Waals surface area contributed by atoms with Gasteiger partial charge in [0, 0.05) is 15.5 Å². The van der Waals surface area contributed by atoms with Crippen LogP contribution in [0.3, 0.4) is 0 Å². The summed E-state index contributed by atoms with van der Waals surface area (Å²) in [5.74, 6) is 1.60. The number of hydrogen-bond donors (Lipinski definition) is 1. The summed E-state index contributed by atoms with van der Waals surface area (Å²) >= 11 is 9.90. The van der Waals surface area contributed by atoms with Crippen molar-refractivity contribution in [2.75, 3.05) is 7.05 Å². The molecule has 1 nitrogen and oxygen atoms in total. The maximum Gasteiger partial charge on any atom is 0.0465 e. The van der Waals surface area contributed by atoms with Gasteiger partial charge in [-0.1, -0.05) is 59.8 Å². The normalized spacial score (nSPS) is 25.3. The lowest BCUT2D eigenvalue weighted by atomic mass is 9.75. The number of halogens is 2. The first kappa shape index (κ1) is 15.3. The van der Waals surface area contributed by atoms with Crippen LogP contribution in [0.15, 0.2) is 22.7 Å². The molecule has 0 radical (unpaired) electrons. The molecule has 19 heavy (non-hydrogen) atoms. The van der Waals surface area contributed by atoms with Crippen LogP contribution in [0.1, 0.15) is 50.6 Å². The lowest BCUT2D eigenvalue weighted by molar-refractivity contribution is 0.215. The highest BCUT2D eigenvalue weighted by Gasteiger charge is 2.28. The van der Waals surface area contributed by atoms with Gasteiger partial charge in [0.05, 0.1) is 0 Å². The lowest BCUT2D eigenvalue weighted by Crippen LogP contribution is -2.29. The third kappa shape index (κ3) is 3.74. The van der Waals surface area contributed by atoms with Gasteiger partial charge in [-0.25, -0.2) is 0 Å². The van der Waals surface area contributed by atoms with Crippen molar-refractivity contribution in [2.24, 2.45) is 11.8 Å². The summed E-state index contributed by atoms with van der Waals surface area (Å²) in [6.45, 7) is 2.31. The van der Waals surface area contributed by atoms with Crippen LogP contribution >= 0.6 is 27.5 Å². The largest absolute Gasteiger partial charge is 0.313 e. The summed E-state index contributed by atoms with van der Waals surface area (Å²) in [6, 6.07) is 6.63. The van der Waals surface area contributed by atoms with E-state index >= 15 is 0 Å². The third-order valence-corrected chi connectivity index (χ3v) is 5.30. The minimum absolute atomic E-state index is 0.384. The average molecular weight is 345 g/mol. The van der Waals surface area contributed by atoms with E-state index in [0.29, 0.717) is 12.0 Å². The van der Waals surface area contributed by atoms with E-state index < -0.39 is 0 Å². The van der Waals surface area contributed by atoms with Crippen molar-refractivity contribution in [2.45, 2.75) is 45.1 Å². The van der Waals surface area contributed by atoms with E-state index in [9.17, 15) is 0 Å². The molecule has 0 aliphatic heterocycles. The van der Waals surface area contributed by atoms with E-state index in [2.05, 4.69) is 47.4 Å². The number of hydrogen-bond acceptors (Lipinski definition) is 1. The van der Waals surface area contributed by atoms with Crippen LogP contribution in [-0.2, 0) is 0 Å². The standard InChI is InChI=1S/C16H23BrClN/c1-3-11-5-4-6-12(9-11)16(19-2)14-8-7-13(17)10-15(14)18/h7-8,10-12,16,19H,3-6,9H2,1-2H3. The molecule has 1 fully saturated rings. The van der Waals surface area contributed by atoms with Gasteiger partial charge in [0.2, 0.25) is 0 Å². The molecule has 1 saturated carbocycles. The Morgan fingerprint density at radius 1 is 1.42 bits per heavy atom. The van der Waals surface area contributed by atoms with Crippen molar-refractivity contribution in [1.29, 1.82) is 0 Å². The van der Waals surface area contributed by atoms with E-state index in [1.165, 1.54) is 37.7 Å². The summed E-state index contributed by atoms with van der Waals surface area (Å²) in [7, 11) is 2.05. The van der Waals surface area contributed by atoms with Gasteiger partial charge in [-0.05, 0) is 49.4 Å². The monoisotopic (exact) mass is 343 g/mol. The van der Waals surface area contributed by atoms with Gasteiger partial charge < -0.3 is 5.32 Å². The highest BCUT2D eigenvalue weighted by Crippen LogP contribution is 2.40. The fraction of sp³-hybridized carbons (Fsp3) is 0.625. The van der Waals surface area contributed by atoms with Crippen LogP contribution < -0.4 is 5.32 Å². The minimum Gasteiger partial charge on any atom is -0.313 e. The SMILES string of the molecule is CCC1CCCC(C(NC)c2ccc(Br)cc2Cl)C1. The summed E-state index contributed by atoms with van der Waals surface area (Å²) in [4.78, 5) is 0. The molecule has 0 aromatic heterocycles. The Bertz CT molecular complexity index is 421. The fourth-order valence-electron chi connectivity index (χ4n) is 3.40. The lowest BCUT2D eigenvalue weighted by Gasteiger charge is -2.34. The molecule has 106 valence electrons. The highest BCUT2D eigenvalue weighted by atomic mass is 79.9. The van der Waals surface area contributed by atoms with Gasteiger partial charge in [0.1, 0.15) is 0 Å². The Balaban J connectivity index is 2.19. The van der Waals surface area contributed by atoms with E-state index in [4.69, 9.17) is 11.6 Å². The predicted octanol–water partition coefficient (Wildman–Crippen LogP) is 5.58. The molecule has 1 aromatic rings. The second kappa shape index (κ2) is 7.10. The zero-order valence-corrected chi connectivity index (χ0v) is 14.1. The Morgan fingerprint density at radius 3 is 2.84 bits per heavy atom. The molecule has 0 bridgehead atoms. The third-order valence-electron chi connectivity index (χ3n) is 4.48. The van der Waals surface area contributed by atoms with Crippen molar-refractivity contribution in [3.63, 3.8) is 0 Å². The first-order valence-corrected chi connectivity index (χ1v) is 8.45. The maximum absolute atomic E-state index is 6.42. The number of benzene rings is 1. The number of nitrogens with one attached hydrogen (secondary N) is 1. The highest BCUT2D eigenvalue weighted by molar-refractivity contribution is 9.10. The van der Waals surface area contributed by atoms with E-state index in [1.807, 2.05) is 6.07 Å². The Kier molecular flexibility index (Phi) is 5.73. The zero-order chi connectivity index (χ0) is 13.8. The Morgan fingerprint density at radius 2 is 2.21 bits per heavy atom. The molecule has 3 atom stereocenters. The second-order valence-corrected chi connectivity index (χ2v) is 6.96. The maximum atomic E-state index is 6.42. The summed E-state index contributed by atoms with van der Waals surface area (Å²) in [5.41, 5.74) is 1.24. The smallest absolute Gasteiger partial charge is 0.0465 e. The van der Waals surface area contributed by atoms with Crippen LogP contribution in [0, 0.1) is 11.8 Å². The predicted molar refractivity (Wildman–Crippen MR) is 86.7 cm³/mol. The molecule has 1 N–H and O–H groups in total. The van der Waals surface area contributed by atoms with E-state index in [1.54, 1.807) is 0 Å². The van der Waals surface area contributed by atoms with Gasteiger partial charge >= 0.3 is 0 Å². The molecular formula is C16H23BrClN. The van der Waals surface area contributed by atoms with Gasteiger partial charge in [0.25, 0.3) is 0 Å². The Hall–Kier alpha value is -0.0500. The van der Waals surface area contributed by atoms with Crippen LogP contribution in [0.25, 0.3) is 0 Å². The van der Waals surface area contributed by atoms with Crippen LogP contribution in [-0.4, -0.2) is 7.05 Å². The quantitative estimate of drug-likeness (QED) is 0.752. The van der Waals surface area contributed by atoms with Gasteiger partial charge in [-0.3, -0.25) is 0 Å². The van der Waals surface area contributed by atoms with Crippen LogP contribution in [0.5, 0.6) is 0 Å². The molecule has 0 heterocycles. The molecule has 3 heteroatoms. The molecule has 0 spiro atoms. The number of rotatable bonds is 4. The molecule has 0 amide bonds. The molecule has 3 unspecified atom stereocenters. The van der Waals surface area contributed by atoms with Crippen LogP contribution in [0.2, 0.25) is 5.02 Å². The first-order valence-electron chi connectivity index (χ1n) is 7.28. The van der Waals surface area contributed by atoms with Gasteiger partial charge in [-0.15, -0.1) is 0 Å². The van der Waals surface area contributed by atoms with E-state index in [0.717, 1.165) is 15.4 Å². The fourth-order valence-corrected chi connectivity index (χ4v) is 4.20. The second-order valence-electron chi connectivity index (χ2n) is 5.63. The van der Waals surface area contributed by atoms with E-state index in [-0.39, 0.29) is 0 Å². The average Bonchev–Trinajstić information content (AvgIpc) is 2.42. The van der Waals surface area contributed by atoms with Gasteiger partial charge in [-0.2, -0.15) is 0 Å². The van der Waals surface area contributed by atoms with Crippen LogP contribution in [0.4, 0.5) is 0 Å². The van der Waals surface area contributed by atoms with Crippen molar-refractivity contribution in [3.8, 4) is 0 Å². The first-order chi connectivity index (χ1) is 9.15. The van der Waals surface area contributed by atoms with Crippen molar-refractivity contribution < 1.29 is 0 Å². The van der Waals surface area contributed by atoms with Crippen molar-refractivity contribution >= 4 is 27.5 Å². The minimum atomic E-state index is 0.384. The Labute approximate surface area is 130 Å². The van der Waals surface area contributed by atoms with Gasteiger partial charge in [0.15, 0.2) is 0 Å². The topological polar surface area (TPSA) is 12.0 Å². The summed E-state index contributed by atoms with van der Waals surface area (Å²) in [6.07, 6.45) is 6.71. The molecule has 2 rings (SSSR count). The molecule has 0 saturated heterocycles. The molecular weight excluding hydrogens is 322 g/mol. The van der Waals surface area contributed by atoms with Crippen molar-refractivity contribution in [1.82, 2.24) is 5.32 Å². The van der Waals surface area contributed by atoms with Crippen molar-refractivity contribution in [3.05, 3.63) is 33.3 Å². The summed E-state index contributed by atoms with van der Waals surface area (Å²) < 4.78 is 1.05. The zero-order valence-electron chi connectivity index (χ0n) is 11.8. The molecule has 1 aliphatic carbocycles. The molecule has 1 aromatic carbocycles.